The summed E-state index contributed by atoms with van der Waals surface area (Å²) >= 11 is 0. The fraction of sp³-hybridized carbons (Fsp3) is 0.600. The topological polar surface area (TPSA) is 81.4 Å². The van der Waals surface area contributed by atoms with Crippen molar-refractivity contribution in [2.45, 2.75) is 32.2 Å². The van der Waals surface area contributed by atoms with Gasteiger partial charge in [-0.25, -0.2) is 8.42 Å². The molecule has 118 valence electrons. The van der Waals surface area contributed by atoms with Crippen LogP contribution in [0.1, 0.15) is 24.0 Å². The van der Waals surface area contributed by atoms with Gasteiger partial charge in [0.2, 0.25) is 0 Å². The third-order valence-electron chi connectivity index (χ3n) is 4.08. The van der Waals surface area contributed by atoms with Gasteiger partial charge >= 0.3 is 0 Å². The Balaban J connectivity index is 2.04. The molecule has 2 rings (SSSR count). The van der Waals surface area contributed by atoms with Gasteiger partial charge in [0, 0.05) is 6.04 Å². The molecular weight excluding hydrogens is 288 g/mol. The van der Waals surface area contributed by atoms with Crippen molar-refractivity contribution >= 4 is 9.84 Å². The summed E-state index contributed by atoms with van der Waals surface area (Å²) in [4.78, 5) is 0. The summed E-state index contributed by atoms with van der Waals surface area (Å²) in [6, 6.07) is 6.11. The molecular formula is C15H24N2O3S. The standard InChI is InChI=1S/C15H24N2O3S/c1-11-3-4-15(20-2)13(7-11)9-14(17-16)8-12-5-6-21(18,19)10-12/h3-4,7,12,14,17H,5-6,8-10,16H2,1-2H3. The number of benzene rings is 1. The Bertz CT molecular complexity index is 587. The van der Waals surface area contributed by atoms with Crippen molar-refractivity contribution in [2.24, 2.45) is 11.8 Å². The molecule has 0 aromatic heterocycles. The molecule has 1 saturated heterocycles. The third-order valence-corrected chi connectivity index (χ3v) is 5.92. The molecule has 1 aliphatic rings. The maximum absolute atomic E-state index is 11.5. The van der Waals surface area contributed by atoms with E-state index in [4.69, 9.17) is 10.6 Å². The molecule has 3 N–H and O–H groups in total. The molecule has 21 heavy (non-hydrogen) atoms. The SMILES string of the molecule is COc1ccc(C)cc1CC(CC1CCS(=O)(=O)C1)NN. The lowest BCUT2D eigenvalue weighted by atomic mass is 9.94. The Hall–Kier alpha value is -1.11. The van der Waals surface area contributed by atoms with E-state index in [0.29, 0.717) is 5.75 Å². The first-order chi connectivity index (χ1) is 9.93. The normalized spacial score (nSPS) is 22.1. The van der Waals surface area contributed by atoms with Crippen LogP contribution in [0, 0.1) is 12.8 Å². The average Bonchev–Trinajstić information content (AvgIpc) is 2.77. The second-order valence-corrected chi connectivity index (χ2v) is 8.12. The highest BCUT2D eigenvalue weighted by Crippen LogP contribution is 2.26. The number of aryl methyl sites for hydroxylation is 1. The molecule has 1 heterocycles. The summed E-state index contributed by atoms with van der Waals surface area (Å²) in [5.74, 6) is 7.30. The number of methoxy groups -OCH3 is 1. The van der Waals surface area contributed by atoms with Crippen LogP contribution in [0.4, 0.5) is 0 Å². The van der Waals surface area contributed by atoms with Gasteiger partial charge in [-0.1, -0.05) is 17.7 Å². The van der Waals surface area contributed by atoms with Crippen LogP contribution in [0.3, 0.4) is 0 Å². The first-order valence-electron chi connectivity index (χ1n) is 7.23. The quantitative estimate of drug-likeness (QED) is 0.609. The largest absolute Gasteiger partial charge is 0.496 e. The molecule has 6 heteroatoms. The summed E-state index contributed by atoms with van der Waals surface area (Å²) in [7, 11) is -1.18. The predicted octanol–water partition coefficient (Wildman–Crippen LogP) is 1.20. The van der Waals surface area contributed by atoms with Gasteiger partial charge in [0.1, 0.15) is 5.75 Å². The molecule has 1 aromatic rings. The molecule has 2 atom stereocenters. The fourth-order valence-electron chi connectivity index (χ4n) is 3.00. The fourth-order valence-corrected chi connectivity index (χ4v) is 4.88. The maximum atomic E-state index is 11.5. The van der Waals surface area contributed by atoms with E-state index < -0.39 is 9.84 Å². The summed E-state index contributed by atoms with van der Waals surface area (Å²) in [6.45, 7) is 2.04. The van der Waals surface area contributed by atoms with Crippen molar-refractivity contribution in [1.82, 2.24) is 5.43 Å². The van der Waals surface area contributed by atoms with Crippen LogP contribution >= 0.6 is 0 Å². The number of nitrogens with one attached hydrogen (secondary N) is 1. The zero-order valence-corrected chi connectivity index (χ0v) is 13.4. The van der Waals surface area contributed by atoms with Gasteiger partial charge in [0.15, 0.2) is 9.84 Å². The van der Waals surface area contributed by atoms with Crippen molar-refractivity contribution < 1.29 is 13.2 Å². The highest BCUT2D eigenvalue weighted by molar-refractivity contribution is 7.91. The third kappa shape index (κ3) is 4.43. The molecule has 0 aliphatic carbocycles. The number of ether oxygens (including phenoxy) is 1. The lowest BCUT2D eigenvalue weighted by Gasteiger charge is -2.20. The molecule has 0 amide bonds. The van der Waals surface area contributed by atoms with Gasteiger partial charge in [0.05, 0.1) is 18.6 Å². The maximum Gasteiger partial charge on any atom is 0.150 e. The summed E-state index contributed by atoms with van der Waals surface area (Å²) in [5, 5.41) is 0. The van der Waals surface area contributed by atoms with Crippen LogP contribution in [0.2, 0.25) is 0 Å². The molecule has 1 aliphatic heterocycles. The lowest BCUT2D eigenvalue weighted by Crippen LogP contribution is -2.38. The van der Waals surface area contributed by atoms with Crippen molar-refractivity contribution in [2.75, 3.05) is 18.6 Å². The minimum atomic E-state index is -2.83. The molecule has 1 fully saturated rings. The van der Waals surface area contributed by atoms with Gasteiger partial charge in [-0.2, -0.15) is 0 Å². The van der Waals surface area contributed by atoms with Gasteiger partial charge in [-0.3, -0.25) is 11.3 Å². The summed E-state index contributed by atoms with van der Waals surface area (Å²) in [6.07, 6.45) is 2.25. The van der Waals surface area contributed by atoms with Crippen LogP contribution < -0.4 is 16.0 Å². The van der Waals surface area contributed by atoms with E-state index in [9.17, 15) is 8.42 Å². The van der Waals surface area contributed by atoms with Gasteiger partial charge < -0.3 is 4.74 Å². The van der Waals surface area contributed by atoms with Crippen molar-refractivity contribution in [1.29, 1.82) is 0 Å². The summed E-state index contributed by atoms with van der Waals surface area (Å²) < 4.78 is 28.5. The monoisotopic (exact) mass is 312 g/mol. The zero-order chi connectivity index (χ0) is 15.5. The highest BCUT2D eigenvalue weighted by atomic mass is 32.2. The van der Waals surface area contributed by atoms with E-state index >= 15 is 0 Å². The number of nitrogens with two attached hydrogens (primary N) is 1. The van der Waals surface area contributed by atoms with Crippen LogP contribution in [0.15, 0.2) is 18.2 Å². The van der Waals surface area contributed by atoms with Crippen molar-refractivity contribution in [3.05, 3.63) is 29.3 Å². The van der Waals surface area contributed by atoms with E-state index in [2.05, 4.69) is 11.5 Å². The van der Waals surface area contributed by atoms with E-state index in [0.717, 1.165) is 30.6 Å². The predicted molar refractivity (Wildman–Crippen MR) is 83.9 cm³/mol. The Morgan fingerprint density at radius 1 is 1.48 bits per heavy atom. The smallest absolute Gasteiger partial charge is 0.150 e. The number of sulfone groups is 1. The second kappa shape index (κ2) is 6.77. The van der Waals surface area contributed by atoms with E-state index in [1.807, 2.05) is 19.1 Å². The van der Waals surface area contributed by atoms with E-state index in [1.165, 1.54) is 5.56 Å². The first-order valence-corrected chi connectivity index (χ1v) is 9.05. The van der Waals surface area contributed by atoms with Gasteiger partial charge in [0.25, 0.3) is 0 Å². The Morgan fingerprint density at radius 3 is 2.81 bits per heavy atom. The lowest BCUT2D eigenvalue weighted by molar-refractivity contribution is 0.387. The van der Waals surface area contributed by atoms with Crippen LogP contribution in [-0.4, -0.2) is 33.1 Å². The molecule has 0 saturated carbocycles. The Kier molecular flexibility index (Phi) is 5.24. The van der Waals surface area contributed by atoms with Crippen molar-refractivity contribution in [3.63, 3.8) is 0 Å². The van der Waals surface area contributed by atoms with Crippen LogP contribution in [-0.2, 0) is 16.3 Å². The molecule has 0 radical (unpaired) electrons. The average molecular weight is 312 g/mol. The second-order valence-electron chi connectivity index (χ2n) is 5.89. The van der Waals surface area contributed by atoms with Gasteiger partial charge in [-0.05, 0) is 43.7 Å². The molecule has 5 nitrogen and oxygen atoms in total. The number of hydrogen-bond acceptors (Lipinski definition) is 5. The Labute approximate surface area is 126 Å². The Morgan fingerprint density at radius 2 is 2.24 bits per heavy atom. The van der Waals surface area contributed by atoms with E-state index in [1.54, 1.807) is 7.11 Å². The molecule has 1 aromatic carbocycles. The van der Waals surface area contributed by atoms with E-state index in [-0.39, 0.29) is 17.7 Å². The van der Waals surface area contributed by atoms with Crippen LogP contribution in [0.5, 0.6) is 5.75 Å². The number of hydrazine groups is 1. The highest BCUT2D eigenvalue weighted by Gasteiger charge is 2.29. The first kappa shape index (κ1) is 16.3. The van der Waals surface area contributed by atoms with Crippen LogP contribution in [0.25, 0.3) is 0 Å². The summed E-state index contributed by atoms with van der Waals surface area (Å²) in [5.41, 5.74) is 5.09. The van der Waals surface area contributed by atoms with Crippen molar-refractivity contribution in [3.8, 4) is 5.75 Å². The minimum absolute atomic E-state index is 0.0546. The molecule has 0 bridgehead atoms. The zero-order valence-electron chi connectivity index (χ0n) is 12.6. The molecule has 0 spiro atoms. The minimum Gasteiger partial charge on any atom is -0.496 e. The number of hydrogen-bond donors (Lipinski definition) is 2. The number of rotatable bonds is 6. The van der Waals surface area contributed by atoms with Gasteiger partial charge in [-0.15, -0.1) is 0 Å². The molecule has 2 unspecified atom stereocenters.